The van der Waals surface area contributed by atoms with E-state index in [1.807, 2.05) is 18.2 Å². The number of guanidine groups is 1. The highest BCUT2D eigenvalue weighted by molar-refractivity contribution is 5.79. The van der Waals surface area contributed by atoms with Crippen molar-refractivity contribution in [3.63, 3.8) is 0 Å². The number of nitrogens with zero attached hydrogens (tertiary/aromatic N) is 1. The lowest BCUT2D eigenvalue weighted by Crippen LogP contribution is -2.37. The average molecular weight is 313 g/mol. The van der Waals surface area contributed by atoms with Gasteiger partial charge >= 0.3 is 0 Å². The Labute approximate surface area is 137 Å². The molecule has 2 rings (SSSR count). The van der Waals surface area contributed by atoms with Gasteiger partial charge in [0.25, 0.3) is 0 Å². The van der Waals surface area contributed by atoms with Gasteiger partial charge < -0.3 is 20.5 Å². The Bertz CT molecular complexity index is 642. The van der Waals surface area contributed by atoms with Gasteiger partial charge in [-0.05, 0) is 30.2 Å². The third-order valence-corrected chi connectivity index (χ3v) is 3.51. The molecule has 0 aliphatic carbocycles. The zero-order valence-corrected chi connectivity index (χ0v) is 13.5. The summed E-state index contributed by atoms with van der Waals surface area (Å²) in [6.45, 7) is 1.25. The number of aliphatic imine (C=N–C) groups is 1. The number of phenolic OH excluding ortho intramolecular Hbond substituents is 1. The highest BCUT2D eigenvalue weighted by Gasteiger charge is 2.05. The summed E-state index contributed by atoms with van der Waals surface area (Å²) in [7, 11) is 3.33. The Hall–Kier alpha value is -2.69. The van der Waals surface area contributed by atoms with E-state index in [4.69, 9.17) is 4.74 Å². The van der Waals surface area contributed by atoms with Crippen molar-refractivity contribution in [1.82, 2.24) is 10.6 Å². The summed E-state index contributed by atoms with van der Waals surface area (Å²) in [5, 5.41) is 16.3. The van der Waals surface area contributed by atoms with Crippen molar-refractivity contribution in [2.45, 2.75) is 13.0 Å². The zero-order chi connectivity index (χ0) is 16.5. The lowest BCUT2D eigenvalue weighted by atomic mass is 10.1. The van der Waals surface area contributed by atoms with Gasteiger partial charge in [0.05, 0.1) is 7.11 Å². The molecule has 0 radical (unpaired) electrons. The van der Waals surface area contributed by atoms with Crippen molar-refractivity contribution in [3.8, 4) is 11.5 Å². The minimum Gasteiger partial charge on any atom is -0.508 e. The molecule has 0 bridgehead atoms. The fourth-order valence-electron chi connectivity index (χ4n) is 2.20. The predicted octanol–water partition coefficient (Wildman–Crippen LogP) is 2.31. The first kappa shape index (κ1) is 16.7. The van der Waals surface area contributed by atoms with E-state index in [1.165, 1.54) is 5.56 Å². The number of phenols is 1. The van der Waals surface area contributed by atoms with Crippen LogP contribution >= 0.6 is 0 Å². The topological polar surface area (TPSA) is 65.9 Å². The molecule has 3 N–H and O–H groups in total. The Morgan fingerprint density at radius 2 is 1.91 bits per heavy atom. The Morgan fingerprint density at radius 3 is 2.61 bits per heavy atom. The number of hydrogen-bond acceptors (Lipinski definition) is 3. The van der Waals surface area contributed by atoms with Gasteiger partial charge in [0.2, 0.25) is 0 Å². The molecular formula is C18H23N3O2. The largest absolute Gasteiger partial charge is 0.508 e. The average Bonchev–Trinajstić information content (AvgIpc) is 2.60. The van der Waals surface area contributed by atoms with Crippen molar-refractivity contribution in [3.05, 3.63) is 59.7 Å². The molecule has 0 unspecified atom stereocenters. The SMILES string of the molecule is CN=C(NCCc1ccccc1)NCc1cc(OC)ccc1O. The lowest BCUT2D eigenvalue weighted by Gasteiger charge is -2.13. The van der Waals surface area contributed by atoms with Gasteiger partial charge in [0, 0.05) is 25.7 Å². The first-order valence-electron chi connectivity index (χ1n) is 7.57. The quantitative estimate of drug-likeness (QED) is 0.565. The van der Waals surface area contributed by atoms with Crippen LogP contribution in [0.4, 0.5) is 0 Å². The molecule has 23 heavy (non-hydrogen) atoms. The van der Waals surface area contributed by atoms with E-state index in [-0.39, 0.29) is 5.75 Å². The first-order valence-corrected chi connectivity index (χ1v) is 7.57. The summed E-state index contributed by atoms with van der Waals surface area (Å²) < 4.78 is 5.17. The fourth-order valence-corrected chi connectivity index (χ4v) is 2.20. The van der Waals surface area contributed by atoms with Crippen LogP contribution < -0.4 is 15.4 Å². The van der Waals surface area contributed by atoms with Crippen molar-refractivity contribution in [1.29, 1.82) is 0 Å². The van der Waals surface area contributed by atoms with Crippen molar-refractivity contribution >= 4 is 5.96 Å². The van der Waals surface area contributed by atoms with Crippen LogP contribution in [0.1, 0.15) is 11.1 Å². The van der Waals surface area contributed by atoms with Gasteiger partial charge in [-0.3, -0.25) is 4.99 Å². The second kappa shape index (κ2) is 8.68. The summed E-state index contributed by atoms with van der Waals surface area (Å²) in [5.74, 6) is 1.65. The van der Waals surface area contributed by atoms with Crippen LogP contribution in [0.15, 0.2) is 53.5 Å². The smallest absolute Gasteiger partial charge is 0.191 e. The fraction of sp³-hybridized carbons (Fsp3) is 0.278. The van der Waals surface area contributed by atoms with Crippen LogP contribution in [0.3, 0.4) is 0 Å². The maximum Gasteiger partial charge on any atom is 0.191 e. The molecule has 2 aromatic rings. The Balaban J connectivity index is 1.83. The molecular weight excluding hydrogens is 290 g/mol. The van der Waals surface area contributed by atoms with Gasteiger partial charge in [-0.15, -0.1) is 0 Å². The number of ether oxygens (including phenoxy) is 1. The van der Waals surface area contributed by atoms with Crippen LogP contribution in [0.5, 0.6) is 11.5 Å². The van der Waals surface area contributed by atoms with Crippen molar-refractivity contribution < 1.29 is 9.84 Å². The molecule has 0 aliphatic rings. The molecule has 122 valence electrons. The molecule has 0 aromatic heterocycles. The van der Waals surface area contributed by atoms with Crippen molar-refractivity contribution in [2.75, 3.05) is 20.7 Å². The van der Waals surface area contributed by atoms with E-state index >= 15 is 0 Å². The normalized spacial score (nSPS) is 11.1. The van der Waals surface area contributed by atoms with Crippen LogP contribution in [0.2, 0.25) is 0 Å². The first-order chi connectivity index (χ1) is 11.2. The second-order valence-electron chi connectivity index (χ2n) is 5.08. The van der Waals surface area contributed by atoms with Crippen LogP contribution in [-0.4, -0.2) is 31.8 Å². The van der Waals surface area contributed by atoms with E-state index in [0.29, 0.717) is 18.3 Å². The number of nitrogens with one attached hydrogen (secondary N) is 2. The minimum absolute atomic E-state index is 0.234. The monoisotopic (exact) mass is 313 g/mol. The number of aromatic hydroxyl groups is 1. The Kier molecular flexibility index (Phi) is 6.29. The Morgan fingerprint density at radius 1 is 1.13 bits per heavy atom. The summed E-state index contributed by atoms with van der Waals surface area (Å²) in [4.78, 5) is 4.19. The number of methoxy groups -OCH3 is 1. The molecule has 0 aliphatic heterocycles. The molecule has 0 fully saturated rings. The number of benzene rings is 2. The van der Waals surface area contributed by atoms with Crippen LogP contribution in [0, 0.1) is 0 Å². The van der Waals surface area contributed by atoms with Gasteiger partial charge in [0.15, 0.2) is 5.96 Å². The predicted molar refractivity (Wildman–Crippen MR) is 93.0 cm³/mol. The molecule has 2 aromatic carbocycles. The van der Waals surface area contributed by atoms with Gasteiger partial charge in [-0.25, -0.2) is 0 Å². The van der Waals surface area contributed by atoms with E-state index in [0.717, 1.165) is 18.5 Å². The second-order valence-corrected chi connectivity index (χ2v) is 5.08. The molecule has 0 amide bonds. The van der Waals surface area contributed by atoms with E-state index in [9.17, 15) is 5.11 Å². The number of rotatable bonds is 6. The molecule has 5 heteroatoms. The number of hydrogen-bond donors (Lipinski definition) is 3. The standard InChI is InChI=1S/C18H23N3O2/c1-19-18(20-11-10-14-6-4-3-5-7-14)21-13-15-12-16(23-2)8-9-17(15)22/h3-9,12,22H,10-11,13H2,1-2H3,(H2,19,20,21). The molecule has 0 heterocycles. The molecule has 0 spiro atoms. The molecule has 0 saturated heterocycles. The van der Waals surface area contributed by atoms with E-state index in [2.05, 4.69) is 27.8 Å². The van der Waals surface area contributed by atoms with Gasteiger partial charge in [-0.1, -0.05) is 30.3 Å². The van der Waals surface area contributed by atoms with Crippen LogP contribution in [0.25, 0.3) is 0 Å². The highest BCUT2D eigenvalue weighted by atomic mass is 16.5. The molecule has 5 nitrogen and oxygen atoms in total. The van der Waals surface area contributed by atoms with Gasteiger partial charge in [-0.2, -0.15) is 0 Å². The third-order valence-electron chi connectivity index (χ3n) is 3.51. The zero-order valence-electron chi connectivity index (χ0n) is 13.5. The maximum atomic E-state index is 9.88. The minimum atomic E-state index is 0.234. The van der Waals surface area contributed by atoms with Crippen LogP contribution in [-0.2, 0) is 13.0 Å². The summed E-state index contributed by atoms with van der Waals surface area (Å²) in [6, 6.07) is 15.4. The summed E-state index contributed by atoms with van der Waals surface area (Å²) >= 11 is 0. The molecule has 0 atom stereocenters. The van der Waals surface area contributed by atoms with Crippen molar-refractivity contribution in [2.24, 2.45) is 4.99 Å². The lowest BCUT2D eigenvalue weighted by molar-refractivity contribution is 0.410. The van der Waals surface area contributed by atoms with Gasteiger partial charge in [0.1, 0.15) is 11.5 Å². The molecule has 0 saturated carbocycles. The van der Waals surface area contributed by atoms with E-state index < -0.39 is 0 Å². The highest BCUT2D eigenvalue weighted by Crippen LogP contribution is 2.22. The van der Waals surface area contributed by atoms with E-state index in [1.54, 1.807) is 32.4 Å². The third kappa shape index (κ3) is 5.21. The summed E-state index contributed by atoms with van der Waals surface area (Å²) in [6.07, 6.45) is 0.923. The maximum absolute atomic E-state index is 9.88. The summed E-state index contributed by atoms with van der Waals surface area (Å²) in [5.41, 5.74) is 2.04.